The topological polar surface area (TPSA) is 99.8 Å². The fraction of sp³-hybridized carbons (Fsp3) is 0.333. The summed E-state index contributed by atoms with van der Waals surface area (Å²) in [4.78, 5) is 27.3. The molecule has 2 aromatic rings. The van der Waals surface area contributed by atoms with Crippen LogP contribution in [0.4, 0.5) is 4.79 Å². The van der Waals surface area contributed by atoms with E-state index in [9.17, 15) is 9.59 Å². The van der Waals surface area contributed by atoms with E-state index in [1.807, 2.05) is 38.1 Å². The predicted molar refractivity (Wildman–Crippen MR) is 89.1 cm³/mol. The summed E-state index contributed by atoms with van der Waals surface area (Å²) in [5, 5.41) is 12.2. The maximum Gasteiger partial charge on any atom is 0.321 e. The molecule has 0 saturated heterocycles. The molecule has 1 aromatic carbocycles. The number of rotatable bonds is 6. The number of carbonyl (C=O) groups is 2. The van der Waals surface area contributed by atoms with Crippen molar-refractivity contribution in [2.24, 2.45) is 0 Å². The van der Waals surface area contributed by atoms with Gasteiger partial charge in [0.1, 0.15) is 0 Å². The molecule has 3 amide bonds. The Morgan fingerprint density at radius 3 is 2.70 bits per heavy atom. The van der Waals surface area contributed by atoms with Gasteiger partial charge in [-0.2, -0.15) is 0 Å². The monoisotopic (exact) mass is 333 g/mol. The number of benzene rings is 1. The predicted octanol–water partition coefficient (Wildman–Crippen LogP) is 2.11. The van der Waals surface area contributed by atoms with E-state index in [-0.39, 0.29) is 11.7 Å². The van der Waals surface area contributed by atoms with Gasteiger partial charge in [0.25, 0.3) is 0 Å². The van der Waals surface area contributed by atoms with Gasteiger partial charge in [0.15, 0.2) is 5.82 Å². The largest absolute Gasteiger partial charge is 0.338 e. The summed E-state index contributed by atoms with van der Waals surface area (Å²) in [5.74, 6) is 0.337. The van der Waals surface area contributed by atoms with Crippen molar-refractivity contribution in [1.29, 1.82) is 0 Å². The van der Waals surface area contributed by atoms with Gasteiger partial charge in [-0.05, 0) is 13.3 Å². The van der Waals surface area contributed by atoms with Gasteiger partial charge in [-0.15, -0.1) is 5.10 Å². The number of carbonyl (C=O) groups excluding carboxylic acids is 2. The Labute approximate surface area is 138 Å². The Balaban J connectivity index is 1.84. The molecular formula is C15H19N5O2S. The zero-order chi connectivity index (χ0) is 16.7. The Bertz CT molecular complexity index is 669. The van der Waals surface area contributed by atoms with E-state index in [2.05, 4.69) is 25.8 Å². The summed E-state index contributed by atoms with van der Waals surface area (Å²) < 4.78 is 0. The number of hydrogen-bond acceptors (Lipinski definition) is 5. The van der Waals surface area contributed by atoms with Crippen molar-refractivity contribution in [3.05, 3.63) is 29.8 Å². The number of imide groups is 1. The van der Waals surface area contributed by atoms with Gasteiger partial charge in [-0.25, -0.2) is 9.78 Å². The number of thioether (sulfide) groups is 1. The molecule has 0 atom stereocenters. The van der Waals surface area contributed by atoms with Gasteiger partial charge in [0, 0.05) is 12.1 Å². The number of urea groups is 1. The molecule has 0 bridgehead atoms. The summed E-state index contributed by atoms with van der Waals surface area (Å²) in [7, 11) is 0. The van der Waals surface area contributed by atoms with Crippen molar-refractivity contribution >= 4 is 23.7 Å². The van der Waals surface area contributed by atoms with Crippen LogP contribution < -0.4 is 10.6 Å². The highest BCUT2D eigenvalue weighted by molar-refractivity contribution is 7.99. The van der Waals surface area contributed by atoms with Gasteiger partial charge in [0.2, 0.25) is 11.1 Å². The van der Waals surface area contributed by atoms with Crippen molar-refractivity contribution in [2.75, 3.05) is 12.3 Å². The second-order valence-corrected chi connectivity index (χ2v) is 5.87. The zero-order valence-electron chi connectivity index (χ0n) is 13.0. The van der Waals surface area contributed by atoms with E-state index in [4.69, 9.17) is 0 Å². The molecule has 0 radical (unpaired) electrons. The highest BCUT2D eigenvalue weighted by Gasteiger charge is 2.11. The van der Waals surface area contributed by atoms with Crippen LogP contribution in [-0.2, 0) is 4.79 Å². The van der Waals surface area contributed by atoms with Crippen LogP contribution in [0.25, 0.3) is 11.4 Å². The van der Waals surface area contributed by atoms with E-state index in [0.717, 1.165) is 12.0 Å². The van der Waals surface area contributed by atoms with Crippen molar-refractivity contribution in [1.82, 2.24) is 25.8 Å². The Morgan fingerprint density at radius 1 is 1.26 bits per heavy atom. The van der Waals surface area contributed by atoms with Gasteiger partial charge in [-0.1, -0.05) is 48.5 Å². The Kier molecular flexibility index (Phi) is 6.16. The highest BCUT2D eigenvalue weighted by atomic mass is 32.2. The van der Waals surface area contributed by atoms with Crippen LogP contribution >= 0.6 is 11.8 Å². The SMILES string of the molecule is CCCNC(=O)NC(=O)CSc1n[nH]c(-c2ccc(C)cc2)n1. The maximum atomic E-state index is 11.6. The van der Waals surface area contributed by atoms with Crippen LogP contribution in [-0.4, -0.2) is 39.4 Å². The summed E-state index contributed by atoms with van der Waals surface area (Å²) in [6, 6.07) is 7.41. The first-order valence-corrected chi connectivity index (χ1v) is 8.27. The number of aromatic amines is 1. The number of hydrogen-bond donors (Lipinski definition) is 3. The number of nitrogens with zero attached hydrogens (tertiary/aromatic N) is 2. The summed E-state index contributed by atoms with van der Waals surface area (Å²) in [6.07, 6.45) is 0.815. The number of H-pyrrole nitrogens is 1. The molecule has 23 heavy (non-hydrogen) atoms. The minimum absolute atomic E-state index is 0.0741. The number of nitrogens with one attached hydrogen (secondary N) is 3. The highest BCUT2D eigenvalue weighted by Crippen LogP contribution is 2.19. The third kappa shape index (κ3) is 5.41. The molecule has 122 valence electrons. The molecule has 0 saturated carbocycles. The lowest BCUT2D eigenvalue weighted by Crippen LogP contribution is -2.40. The van der Waals surface area contributed by atoms with E-state index in [0.29, 0.717) is 17.5 Å². The smallest absolute Gasteiger partial charge is 0.321 e. The number of amides is 3. The molecule has 2 rings (SSSR count). The molecule has 8 heteroatoms. The molecule has 1 aromatic heterocycles. The second-order valence-electron chi connectivity index (χ2n) is 4.93. The first kappa shape index (κ1) is 17.0. The molecule has 0 fully saturated rings. The van der Waals surface area contributed by atoms with E-state index in [1.165, 1.54) is 17.3 Å². The first-order chi connectivity index (χ1) is 11.1. The average molecular weight is 333 g/mol. The van der Waals surface area contributed by atoms with Crippen LogP contribution in [0.1, 0.15) is 18.9 Å². The standard InChI is InChI=1S/C15H19N5O2S/c1-3-8-16-14(22)17-12(21)9-23-15-18-13(19-20-15)11-6-4-10(2)5-7-11/h4-7H,3,8-9H2,1-2H3,(H,18,19,20)(H2,16,17,21,22). The van der Waals surface area contributed by atoms with Crippen molar-refractivity contribution in [3.63, 3.8) is 0 Å². The zero-order valence-corrected chi connectivity index (χ0v) is 13.9. The fourth-order valence-corrected chi connectivity index (χ4v) is 2.33. The molecule has 0 spiro atoms. The minimum atomic E-state index is -0.479. The van der Waals surface area contributed by atoms with Gasteiger partial charge in [0.05, 0.1) is 5.75 Å². The lowest BCUT2D eigenvalue weighted by Gasteiger charge is -2.04. The Morgan fingerprint density at radius 2 is 2.00 bits per heavy atom. The Hall–Kier alpha value is -2.35. The number of aromatic nitrogens is 3. The molecule has 7 nitrogen and oxygen atoms in total. The fourth-order valence-electron chi connectivity index (χ4n) is 1.73. The van der Waals surface area contributed by atoms with Gasteiger partial charge >= 0.3 is 6.03 Å². The number of aryl methyl sites for hydroxylation is 1. The van der Waals surface area contributed by atoms with Crippen LogP contribution in [0.3, 0.4) is 0 Å². The summed E-state index contributed by atoms with van der Waals surface area (Å²) >= 11 is 1.17. The quantitative estimate of drug-likeness (QED) is 0.703. The molecule has 1 heterocycles. The van der Waals surface area contributed by atoms with Crippen LogP contribution in [0, 0.1) is 6.92 Å². The van der Waals surface area contributed by atoms with Gasteiger partial charge in [-0.3, -0.25) is 15.2 Å². The third-order valence-electron chi connectivity index (χ3n) is 2.91. The van der Waals surface area contributed by atoms with Crippen molar-refractivity contribution < 1.29 is 9.59 Å². The average Bonchev–Trinajstić information content (AvgIpc) is 3.00. The lowest BCUT2D eigenvalue weighted by atomic mass is 10.1. The summed E-state index contributed by atoms with van der Waals surface area (Å²) in [5.41, 5.74) is 2.10. The lowest BCUT2D eigenvalue weighted by molar-refractivity contribution is -0.117. The normalized spacial score (nSPS) is 10.3. The molecule has 0 aliphatic rings. The molecular weight excluding hydrogens is 314 g/mol. The van der Waals surface area contributed by atoms with Crippen LogP contribution in [0.15, 0.2) is 29.4 Å². The second kappa shape index (κ2) is 8.33. The van der Waals surface area contributed by atoms with Gasteiger partial charge < -0.3 is 5.32 Å². The van der Waals surface area contributed by atoms with Crippen LogP contribution in [0.2, 0.25) is 0 Å². The van der Waals surface area contributed by atoms with E-state index < -0.39 is 6.03 Å². The van der Waals surface area contributed by atoms with E-state index in [1.54, 1.807) is 0 Å². The van der Waals surface area contributed by atoms with E-state index >= 15 is 0 Å². The van der Waals surface area contributed by atoms with Crippen molar-refractivity contribution in [3.8, 4) is 11.4 Å². The molecule has 0 aliphatic heterocycles. The third-order valence-corrected chi connectivity index (χ3v) is 3.76. The minimum Gasteiger partial charge on any atom is -0.338 e. The van der Waals surface area contributed by atoms with Crippen LogP contribution in [0.5, 0.6) is 0 Å². The molecule has 3 N–H and O–H groups in total. The molecule has 0 unspecified atom stereocenters. The first-order valence-electron chi connectivity index (χ1n) is 7.28. The molecule has 0 aliphatic carbocycles. The maximum absolute atomic E-state index is 11.6. The summed E-state index contributed by atoms with van der Waals surface area (Å²) in [6.45, 7) is 4.49. The van der Waals surface area contributed by atoms with Crippen molar-refractivity contribution in [2.45, 2.75) is 25.4 Å².